The lowest BCUT2D eigenvalue weighted by molar-refractivity contribution is 1.26. The zero-order valence-electron chi connectivity index (χ0n) is 9.47. The van der Waals surface area contributed by atoms with Crippen LogP contribution in [0.5, 0.6) is 0 Å². The number of thioether (sulfide) groups is 1. The molecule has 1 heterocycles. The molecule has 0 saturated heterocycles. The summed E-state index contributed by atoms with van der Waals surface area (Å²) in [5.74, 6) is 0. The van der Waals surface area contributed by atoms with E-state index in [0.717, 1.165) is 0 Å². The third kappa shape index (κ3) is 5.30. The highest BCUT2D eigenvalue weighted by Gasteiger charge is 2.19. The van der Waals surface area contributed by atoms with Crippen molar-refractivity contribution < 1.29 is 0 Å². The van der Waals surface area contributed by atoms with Crippen LogP contribution in [0.25, 0.3) is 0 Å². The van der Waals surface area contributed by atoms with Gasteiger partial charge in [-0.15, -0.1) is 33.9 Å². The first-order chi connectivity index (χ1) is 6.75. The molecule has 15 heavy (non-hydrogen) atoms. The lowest BCUT2D eigenvalue weighted by Crippen LogP contribution is -2.02. The predicted molar refractivity (Wildman–Crippen MR) is 76.2 cm³/mol. The molecular formula is C11H16Cl2SSi. The minimum Gasteiger partial charge on any atom is -0.146 e. The van der Waals surface area contributed by atoms with Crippen LogP contribution in [-0.4, -0.2) is 11.9 Å². The second-order valence-corrected chi connectivity index (χ2v) is 14.5. The van der Waals surface area contributed by atoms with E-state index >= 15 is 0 Å². The monoisotopic (exact) mass is 278 g/mol. The largest absolute Gasteiger partial charge is 0.245 e. The molecule has 0 aromatic carbocycles. The molecule has 84 valence electrons. The van der Waals surface area contributed by atoms with Crippen molar-refractivity contribution in [1.82, 2.24) is 0 Å². The summed E-state index contributed by atoms with van der Waals surface area (Å²) in [7, 11) is 0. The van der Waals surface area contributed by atoms with Crippen molar-refractivity contribution in [1.29, 1.82) is 0 Å². The van der Waals surface area contributed by atoms with Crippen LogP contribution in [0.1, 0.15) is 13.8 Å². The van der Waals surface area contributed by atoms with Crippen molar-refractivity contribution in [2.45, 2.75) is 32.2 Å². The summed E-state index contributed by atoms with van der Waals surface area (Å²) in [6.45, 7) is 6.43. The van der Waals surface area contributed by atoms with Gasteiger partial charge in [-0.2, -0.15) is 0 Å². The number of allylic oxidation sites excluding steroid dienone is 4. The molecule has 0 aromatic heterocycles. The Bertz CT molecular complexity index is 331. The molecule has 0 amide bonds. The molecule has 1 unspecified atom stereocenters. The van der Waals surface area contributed by atoms with Crippen LogP contribution in [0.4, 0.5) is 0 Å². The lowest BCUT2D eigenvalue weighted by Gasteiger charge is -1.94. The van der Waals surface area contributed by atoms with Gasteiger partial charge in [0.25, 0.3) is 0 Å². The highest BCUT2D eigenvalue weighted by Crippen LogP contribution is 2.41. The molecule has 2 aliphatic rings. The Hall–Kier alpha value is 0.367. The zero-order chi connectivity index (χ0) is 11.6. The molecule has 0 nitrogen and oxygen atoms in total. The first kappa shape index (κ1) is 13.4. The van der Waals surface area contributed by atoms with Gasteiger partial charge in [-0.1, -0.05) is 12.2 Å². The Labute approximate surface area is 107 Å². The average Bonchev–Trinajstić information content (AvgIpc) is 2.38. The van der Waals surface area contributed by atoms with Crippen LogP contribution in [0.2, 0.25) is 13.1 Å². The zero-order valence-corrected chi connectivity index (χ0v) is 12.8. The van der Waals surface area contributed by atoms with Crippen LogP contribution in [0.3, 0.4) is 0 Å². The van der Waals surface area contributed by atoms with E-state index in [1.165, 1.54) is 16.1 Å². The van der Waals surface area contributed by atoms with Gasteiger partial charge in [0, 0.05) is 10.2 Å². The normalized spacial score (nSPS) is 23.6. The Morgan fingerprint density at radius 3 is 2.27 bits per heavy atom. The van der Waals surface area contributed by atoms with Crippen LogP contribution in [0.15, 0.2) is 34.3 Å². The van der Waals surface area contributed by atoms with Crippen molar-refractivity contribution in [2.24, 2.45) is 0 Å². The quantitative estimate of drug-likeness (QED) is 0.441. The topological polar surface area (TPSA) is 0 Å². The number of hydrogen-bond acceptors (Lipinski definition) is 1. The molecule has 1 aliphatic heterocycles. The molecule has 1 aliphatic carbocycles. The van der Waals surface area contributed by atoms with Crippen LogP contribution in [0, 0.1) is 0 Å². The molecule has 4 heteroatoms. The Balaban J connectivity index is 0.000000195. The third-order valence-electron chi connectivity index (χ3n) is 1.75. The van der Waals surface area contributed by atoms with E-state index in [9.17, 15) is 0 Å². The summed E-state index contributed by atoms with van der Waals surface area (Å²) in [6, 6.07) is 0. The molecule has 0 radical (unpaired) electrons. The van der Waals surface area contributed by atoms with E-state index in [-0.39, 0.29) is 0 Å². The van der Waals surface area contributed by atoms with Gasteiger partial charge in [0.15, 0.2) is 0 Å². The van der Waals surface area contributed by atoms with Crippen molar-refractivity contribution >= 4 is 40.6 Å². The lowest BCUT2D eigenvalue weighted by atomic mass is 10.2. The highest BCUT2D eigenvalue weighted by atomic mass is 35.7. The van der Waals surface area contributed by atoms with Gasteiger partial charge in [-0.25, -0.2) is 0 Å². The SMILES string of the molecule is CC1=CC2=CC(C)SC2=C1.C[Si](C)(Cl)Cl. The fraction of sp³-hybridized carbons (Fsp3) is 0.455. The minimum absolute atomic E-state index is 0.686. The maximum atomic E-state index is 5.43. The van der Waals surface area contributed by atoms with E-state index in [1.807, 2.05) is 24.9 Å². The molecule has 0 bridgehead atoms. The summed E-state index contributed by atoms with van der Waals surface area (Å²) in [5.41, 5.74) is 2.83. The Kier molecular flexibility index (Phi) is 4.59. The highest BCUT2D eigenvalue weighted by molar-refractivity contribution is 8.04. The van der Waals surface area contributed by atoms with Gasteiger partial charge in [-0.05, 0) is 44.2 Å². The second-order valence-electron chi connectivity index (χ2n) is 4.17. The number of hydrogen-bond donors (Lipinski definition) is 0. The van der Waals surface area contributed by atoms with Gasteiger partial charge >= 0.3 is 0 Å². The summed E-state index contributed by atoms with van der Waals surface area (Å²) in [4.78, 5) is 1.46. The number of fused-ring (bicyclic) bond motifs is 1. The standard InChI is InChI=1S/C9H10S.C2H6Cl2Si/c1-6-3-8-5-7(2)10-9(8)4-6;1-5(2,3)4/h3-5,7H,1-2H3;1-2H3. The van der Waals surface area contributed by atoms with Gasteiger partial charge < -0.3 is 0 Å². The van der Waals surface area contributed by atoms with Crippen molar-refractivity contribution in [3.05, 3.63) is 34.3 Å². The first-order valence-corrected chi connectivity index (χ1v) is 10.8. The number of halogens is 2. The first-order valence-electron chi connectivity index (χ1n) is 4.92. The summed E-state index contributed by atoms with van der Waals surface area (Å²) in [5, 5.41) is 0.686. The molecule has 0 N–H and O–H groups in total. The van der Waals surface area contributed by atoms with E-state index in [4.69, 9.17) is 22.2 Å². The van der Waals surface area contributed by atoms with Crippen LogP contribution < -0.4 is 0 Å². The second kappa shape index (κ2) is 5.13. The van der Waals surface area contributed by atoms with E-state index in [1.54, 1.807) is 0 Å². The Morgan fingerprint density at radius 2 is 1.80 bits per heavy atom. The van der Waals surface area contributed by atoms with Crippen molar-refractivity contribution in [3.8, 4) is 0 Å². The average molecular weight is 279 g/mol. The predicted octanol–water partition coefficient (Wildman–Crippen LogP) is 5.06. The van der Waals surface area contributed by atoms with Gasteiger partial charge in [-0.3, -0.25) is 0 Å². The van der Waals surface area contributed by atoms with Gasteiger partial charge in [0.2, 0.25) is 6.69 Å². The smallest absolute Gasteiger partial charge is 0.146 e. The van der Waals surface area contributed by atoms with E-state index in [2.05, 4.69) is 32.1 Å². The van der Waals surface area contributed by atoms with Crippen molar-refractivity contribution in [3.63, 3.8) is 0 Å². The fourth-order valence-corrected chi connectivity index (χ4v) is 2.50. The third-order valence-corrected chi connectivity index (χ3v) is 2.87. The minimum atomic E-state index is -1.67. The molecule has 0 aromatic rings. The van der Waals surface area contributed by atoms with Gasteiger partial charge in [0.1, 0.15) is 0 Å². The van der Waals surface area contributed by atoms with Crippen LogP contribution >= 0.6 is 33.9 Å². The maximum absolute atomic E-state index is 5.43. The van der Waals surface area contributed by atoms with Gasteiger partial charge in [0.05, 0.1) is 0 Å². The number of rotatable bonds is 0. The molecule has 2 rings (SSSR count). The summed E-state index contributed by atoms with van der Waals surface area (Å²) in [6.07, 6.45) is 6.85. The Morgan fingerprint density at radius 1 is 1.27 bits per heavy atom. The van der Waals surface area contributed by atoms with E-state index < -0.39 is 6.69 Å². The molecule has 0 fully saturated rings. The van der Waals surface area contributed by atoms with Crippen molar-refractivity contribution in [2.75, 3.05) is 0 Å². The summed E-state index contributed by atoms with van der Waals surface area (Å²) >= 11 is 12.8. The molecule has 0 saturated carbocycles. The molecule has 1 atom stereocenters. The maximum Gasteiger partial charge on any atom is 0.245 e. The van der Waals surface area contributed by atoms with Crippen LogP contribution in [-0.2, 0) is 0 Å². The fourth-order valence-electron chi connectivity index (χ4n) is 1.37. The molecular weight excluding hydrogens is 263 g/mol. The van der Waals surface area contributed by atoms with E-state index in [0.29, 0.717) is 5.25 Å². The summed E-state index contributed by atoms with van der Waals surface area (Å²) < 4.78 is 0. The molecule has 0 spiro atoms.